The smallest absolute Gasteiger partial charge is 0.212 e. The van der Waals surface area contributed by atoms with Crippen LogP contribution in [0.25, 0.3) is 0 Å². The maximum Gasteiger partial charge on any atom is 0.216 e. The van der Waals surface area contributed by atoms with Crippen LogP contribution in [0.15, 0.2) is 30.3 Å². The van der Waals surface area contributed by atoms with Crippen LogP contribution in [0.2, 0.25) is 0 Å². The van der Waals surface area contributed by atoms with Crippen LogP contribution in [0.3, 0.4) is 0 Å². The summed E-state index contributed by atoms with van der Waals surface area (Å²) in [7, 11) is -3.46. The first-order valence-corrected chi connectivity index (χ1v) is 7.03. The van der Waals surface area contributed by atoms with Gasteiger partial charge in [0.05, 0.1) is 11.8 Å². The standard InChI is InChI=1S/C12H16N2O2S/c1-10(2)12(8-13)14-17(15,16)9-11-6-4-3-5-7-11/h3-7,10,12,14H,9H2,1-2H3. The largest absolute Gasteiger partial charge is 0.216 e. The molecule has 1 aromatic rings. The van der Waals surface area contributed by atoms with Gasteiger partial charge in [-0.2, -0.15) is 9.98 Å². The summed E-state index contributed by atoms with van der Waals surface area (Å²) in [4.78, 5) is 0. The molecule has 17 heavy (non-hydrogen) atoms. The Morgan fingerprint density at radius 2 is 1.88 bits per heavy atom. The molecule has 5 heteroatoms. The van der Waals surface area contributed by atoms with Crippen molar-refractivity contribution in [1.82, 2.24) is 4.72 Å². The summed E-state index contributed by atoms with van der Waals surface area (Å²) in [6, 6.07) is 10.2. The second-order valence-electron chi connectivity index (χ2n) is 4.21. The van der Waals surface area contributed by atoms with E-state index in [0.29, 0.717) is 5.56 Å². The third kappa shape index (κ3) is 4.55. The Labute approximate surface area is 102 Å². The Kier molecular flexibility index (Phi) is 4.67. The predicted octanol–water partition coefficient (Wildman–Crippen LogP) is 1.65. The van der Waals surface area contributed by atoms with E-state index in [0.717, 1.165) is 0 Å². The minimum absolute atomic E-state index is 0.0504. The summed E-state index contributed by atoms with van der Waals surface area (Å²) in [5.74, 6) is -0.149. The summed E-state index contributed by atoms with van der Waals surface area (Å²) in [5.41, 5.74) is 0.709. The molecular weight excluding hydrogens is 236 g/mol. The molecule has 0 saturated heterocycles. The average Bonchev–Trinajstić information content (AvgIpc) is 2.26. The summed E-state index contributed by atoms with van der Waals surface area (Å²) in [5, 5.41) is 8.85. The van der Waals surface area contributed by atoms with Crippen LogP contribution in [-0.2, 0) is 15.8 Å². The van der Waals surface area contributed by atoms with Crippen molar-refractivity contribution >= 4 is 10.0 Å². The van der Waals surface area contributed by atoms with Crippen molar-refractivity contribution in [3.63, 3.8) is 0 Å². The molecule has 1 unspecified atom stereocenters. The molecule has 0 amide bonds. The Hall–Kier alpha value is -1.38. The van der Waals surface area contributed by atoms with Crippen LogP contribution in [-0.4, -0.2) is 14.5 Å². The van der Waals surface area contributed by atoms with Crippen molar-refractivity contribution in [2.75, 3.05) is 0 Å². The molecule has 0 saturated carbocycles. The number of hydrogen-bond donors (Lipinski definition) is 1. The van der Waals surface area contributed by atoms with Gasteiger partial charge in [-0.15, -0.1) is 0 Å². The number of sulfonamides is 1. The Balaban J connectivity index is 2.74. The van der Waals surface area contributed by atoms with E-state index in [9.17, 15) is 8.42 Å². The minimum Gasteiger partial charge on any atom is -0.212 e. The van der Waals surface area contributed by atoms with Crippen LogP contribution >= 0.6 is 0 Å². The highest BCUT2D eigenvalue weighted by Crippen LogP contribution is 2.07. The number of benzene rings is 1. The van der Waals surface area contributed by atoms with Gasteiger partial charge in [0.15, 0.2) is 0 Å². The highest BCUT2D eigenvalue weighted by molar-refractivity contribution is 7.88. The van der Waals surface area contributed by atoms with Gasteiger partial charge < -0.3 is 0 Å². The maximum atomic E-state index is 11.8. The normalized spacial score (nSPS) is 13.3. The lowest BCUT2D eigenvalue weighted by Crippen LogP contribution is -2.38. The number of nitriles is 1. The summed E-state index contributed by atoms with van der Waals surface area (Å²) in [6.07, 6.45) is 0. The third-order valence-electron chi connectivity index (χ3n) is 2.31. The van der Waals surface area contributed by atoms with Gasteiger partial charge in [-0.05, 0) is 11.5 Å². The Morgan fingerprint density at radius 3 is 2.35 bits per heavy atom. The molecule has 0 aliphatic carbocycles. The summed E-state index contributed by atoms with van der Waals surface area (Å²) < 4.78 is 26.0. The average molecular weight is 252 g/mol. The quantitative estimate of drug-likeness (QED) is 0.866. The molecular formula is C12H16N2O2S. The molecule has 1 aromatic carbocycles. The fourth-order valence-electron chi connectivity index (χ4n) is 1.34. The first kappa shape index (κ1) is 13.7. The maximum absolute atomic E-state index is 11.8. The molecule has 0 radical (unpaired) electrons. The van der Waals surface area contributed by atoms with Crippen LogP contribution in [0.5, 0.6) is 0 Å². The SMILES string of the molecule is CC(C)C(C#N)NS(=O)(=O)Cc1ccccc1. The fourth-order valence-corrected chi connectivity index (χ4v) is 2.77. The van der Waals surface area contributed by atoms with Gasteiger partial charge in [0, 0.05) is 0 Å². The number of rotatable bonds is 5. The fraction of sp³-hybridized carbons (Fsp3) is 0.417. The minimum atomic E-state index is -3.46. The highest BCUT2D eigenvalue weighted by atomic mass is 32.2. The van der Waals surface area contributed by atoms with Crippen molar-refractivity contribution in [2.45, 2.75) is 25.6 Å². The van der Waals surface area contributed by atoms with E-state index < -0.39 is 16.1 Å². The molecule has 0 bridgehead atoms. The third-order valence-corrected chi connectivity index (χ3v) is 3.64. The second kappa shape index (κ2) is 5.80. The zero-order chi connectivity index (χ0) is 12.9. The Bertz CT molecular complexity index is 489. The molecule has 0 aliphatic heterocycles. The molecule has 0 aliphatic rings. The van der Waals surface area contributed by atoms with Crippen molar-refractivity contribution in [3.8, 4) is 6.07 Å². The van der Waals surface area contributed by atoms with E-state index in [2.05, 4.69) is 4.72 Å². The second-order valence-corrected chi connectivity index (χ2v) is 5.97. The molecule has 1 rings (SSSR count). The molecule has 0 fully saturated rings. The van der Waals surface area contributed by atoms with Gasteiger partial charge >= 0.3 is 0 Å². The van der Waals surface area contributed by atoms with E-state index in [4.69, 9.17) is 5.26 Å². The number of nitrogens with one attached hydrogen (secondary N) is 1. The first-order valence-electron chi connectivity index (χ1n) is 5.38. The van der Waals surface area contributed by atoms with Crippen molar-refractivity contribution in [1.29, 1.82) is 5.26 Å². The zero-order valence-corrected chi connectivity index (χ0v) is 10.7. The van der Waals surface area contributed by atoms with Gasteiger partial charge in [-0.1, -0.05) is 44.2 Å². The highest BCUT2D eigenvalue weighted by Gasteiger charge is 2.20. The molecule has 0 aromatic heterocycles. The van der Waals surface area contributed by atoms with Gasteiger partial charge in [-0.3, -0.25) is 0 Å². The lowest BCUT2D eigenvalue weighted by molar-refractivity contribution is 0.514. The van der Waals surface area contributed by atoms with E-state index in [1.807, 2.05) is 12.1 Å². The monoisotopic (exact) mass is 252 g/mol. The number of nitrogens with zero attached hydrogens (tertiary/aromatic N) is 1. The van der Waals surface area contributed by atoms with Gasteiger partial charge in [0.25, 0.3) is 0 Å². The number of hydrogen-bond acceptors (Lipinski definition) is 3. The van der Waals surface area contributed by atoms with Crippen LogP contribution in [0, 0.1) is 17.2 Å². The van der Waals surface area contributed by atoms with Crippen molar-refractivity contribution in [2.24, 2.45) is 5.92 Å². The summed E-state index contributed by atoms with van der Waals surface area (Å²) in [6.45, 7) is 3.61. The van der Waals surface area contributed by atoms with E-state index in [1.165, 1.54) is 0 Å². The van der Waals surface area contributed by atoms with Gasteiger partial charge in [0.2, 0.25) is 10.0 Å². The molecule has 1 atom stereocenters. The summed E-state index contributed by atoms with van der Waals surface area (Å²) >= 11 is 0. The molecule has 1 N–H and O–H groups in total. The predicted molar refractivity (Wildman–Crippen MR) is 66.4 cm³/mol. The van der Waals surface area contributed by atoms with Crippen LogP contribution in [0.4, 0.5) is 0 Å². The molecule has 92 valence electrons. The van der Waals surface area contributed by atoms with E-state index in [-0.39, 0.29) is 11.7 Å². The van der Waals surface area contributed by atoms with Crippen LogP contribution in [0.1, 0.15) is 19.4 Å². The first-order chi connectivity index (χ1) is 7.94. The van der Waals surface area contributed by atoms with Crippen molar-refractivity contribution in [3.05, 3.63) is 35.9 Å². The Morgan fingerprint density at radius 1 is 1.29 bits per heavy atom. The topological polar surface area (TPSA) is 70.0 Å². The molecule has 4 nitrogen and oxygen atoms in total. The molecule has 0 spiro atoms. The van der Waals surface area contributed by atoms with E-state index in [1.54, 1.807) is 38.1 Å². The van der Waals surface area contributed by atoms with Gasteiger partial charge in [0.1, 0.15) is 6.04 Å². The zero-order valence-electron chi connectivity index (χ0n) is 9.92. The lowest BCUT2D eigenvalue weighted by atomic mass is 10.1. The van der Waals surface area contributed by atoms with Gasteiger partial charge in [-0.25, -0.2) is 8.42 Å². The van der Waals surface area contributed by atoms with E-state index >= 15 is 0 Å². The van der Waals surface area contributed by atoms with Crippen LogP contribution < -0.4 is 4.72 Å². The van der Waals surface area contributed by atoms with Crippen molar-refractivity contribution < 1.29 is 8.42 Å². The molecule has 0 heterocycles. The lowest BCUT2D eigenvalue weighted by Gasteiger charge is -2.15.